The van der Waals surface area contributed by atoms with E-state index in [0.717, 1.165) is 11.8 Å². The first-order chi connectivity index (χ1) is 10.3. The van der Waals surface area contributed by atoms with Gasteiger partial charge in [0.2, 0.25) is 0 Å². The van der Waals surface area contributed by atoms with Crippen molar-refractivity contribution in [3.05, 3.63) is 30.3 Å². The summed E-state index contributed by atoms with van der Waals surface area (Å²) in [6.07, 6.45) is 6.63. The van der Waals surface area contributed by atoms with Crippen molar-refractivity contribution in [3.63, 3.8) is 0 Å². The number of rotatable bonds is 8. The molecule has 0 amide bonds. The Morgan fingerprint density at radius 3 is 2.71 bits per heavy atom. The fraction of sp³-hybridized carbons (Fsp3) is 0.684. The third-order valence-electron chi connectivity index (χ3n) is 4.90. The number of unbranched alkanes of at least 4 members (excludes halogenated alkanes) is 1. The minimum absolute atomic E-state index is 0.825. The van der Waals surface area contributed by atoms with Gasteiger partial charge in [-0.2, -0.15) is 0 Å². The quantitative estimate of drug-likeness (QED) is 0.766. The first-order valence-electron chi connectivity index (χ1n) is 8.82. The Kier molecular flexibility index (Phi) is 7.08. The maximum atomic E-state index is 3.56. The smallest absolute Gasteiger partial charge is 0.0366 e. The van der Waals surface area contributed by atoms with Gasteiger partial charge in [0, 0.05) is 18.8 Å². The van der Waals surface area contributed by atoms with Crippen LogP contribution in [0.5, 0.6) is 0 Å². The Bertz CT molecular complexity index is 370. The van der Waals surface area contributed by atoms with Gasteiger partial charge in [0.05, 0.1) is 0 Å². The van der Waals surface area contributed by atoms with E-state index in [1.54, 1.807) is 0 Å². The van der Waals surface area contributed by atoms with Gasteiger partial charge in [-0.25, -0.2) is 0 Å². The maximum Gasteiger partial charge on any atom is 0.0366 e. The number of anilines is 1. The first-order valence-corrected chi connectivity index (χ1v) is 8.82. The molecule has 1 aromatic rings. The van der Waals surface area contributed by atoms with Gasteiger partial charge < -0.3 is 10.2 Å². The number of nitrogens with one attached hydrogen (secondary N) is 1. The zero-order valence-electron chi connectivity index (χ0n) is 13.9. The second-order valence-corrected chi connectivity index (χ2v) is 6.55. The predicted molar refractivity (Wildman–Crippen MR) is 92.9 cm³/mol. The summed E-state index contributed by atoms with van der Waals surface area (Å²) in [7, 11) is 0. The fourth-order valence-electron chi connectivity index (χ4n) is 3.32. The summed E-state index contributed by atoms with van der Waals surface area (Å²) in [6.45, 7) is 9.55. The number of nitrogens with zero attached hydrogens (tertiary/aromatic N) is 1. The summed E-state index contributed by atoms with van der Waals surface area (Å²) in [5, 5.41) is 3.56. The average molecular weight is 288 g/mol. The van der Waals surface area contributed by atoms with Crippen LogP contribution in [0.1, 0.15) is 46.0 Å². The molecular weight excluding hydrogens is 256 g/mol. The van der Waals surface area contributed by atoms with Crippen molar-refractivity contribution in [2.24, 2.45) is 11.8 Å². The highest BCUT2D eigenvalue weighted by atomic mass is 15.1. The third kappa shape index (κ3) is 5.35. The van der Waals surface area contributed by atoms with Crippen molar-refractivity contribution in [1.82, 2.24) is 5.32 Å². The highest BCUT2D eigenvalue weighted by Gasteiger charge is 2.20. The lowest BCUT2D eigenvalue weighted by Gasteiger charge is -2.31. The Hall–Kier alpha value is -1.02. The topological polar surface area (TPSA) is 15.3 Å². The van der Waals surface area contributed by atoms with E-state index in [9.17, 15) is 0 Å². The van der Waals surface area contributed by atoms with Crippen molar-refractivity contribution in [2.75, 3.05) is 31.1 Å². The molecule has 2 rings (SSSR count). The van der Waals surface area contributed by atoms with Crippen molar-refractivity contribution in [2.45, 2.75) is 46.0 Å². The maximum absolute atomic E-state index is 3.56. The standard InChI is InChI=1S/C19H32N2/c1-3-4-14-21(19-10-6-5-7-11-19)15-12-17(2)18-9-8-13-20-16-18/h5-7,10-11,17-18,20H,3-4,8-9,12-16H2,1-2H3. The van der Waals surface area contributed by atoms with Crippen LogP contribution in [0.15, 0.2) is 30.3 Å². The van der Waals surface area contributed by atoms with Crippen molar-refractivity contribution >= 4 is 5.69 Å². The van der Waals surface area contributed by atoms with Gasteiger partial charge in [-0.15, -0.1) is 0 Å². The van der Waals surface area contributed by atoms with Crippen molar-refractivity contribution in [1.29, 1.82) is 0 Å². The molecule has 2 nitrogen and oxygen atoms in total. The Labute approximate surface area is 130 Å². The second-order valence-electron chi connectivity index (χ2n) is 6.55. The van der Waals surface area contributed by atoms with E-state index < -0.39 is 0 Å². The summed E-state index contributed by atoms with van der Waals surface area (Å²) in [5.41, 5.74) is 1.39. The minimum atomic E-state index is 0.825. The molecule has 21 heavy (non-hydrogen) atoms. The van der Waals surface area contributed by atoms with Crippen LogP contribution < -0.4 is 10.2 Å². The lowest BCUT2D eigenvalue weighted by atomic mass is 9.85. The molecule has 1 aliphatic rings. The summed E-state index contributed by atoms with van der Waals surface area (Å²) < 4.78 is 0. The van der Waals surface area contributed by atoms with Gasteiger partial charge in [-0.05, 0) is 62.7 Å². The van der Waals surface area contributed by atoms with Crippen LogP contribution >= 0.6 is 0 Å². The summed E-state index contributed by atoms with van der Waals surface area (Å²) >= 11 is 0. The zero-order chi connectivity index (χ0) is 14.9. The SMILES string of the molecule is CCCCN(CCC(C)C1CCCNC1)c1ccccc1. The molecular formula is C19H32N2. The molecule has 0 aromatic heterocycles. The first kappa shape index (κ1) is 16.4. The average Bonchev–Trinajstić information content (AvgIpc) is 2.56. The molecule has 0 spiro atoms. The van der Waals surface area contributed by atoms with Crippen LogP contribution in [0.25, 0.3) is 0 Å². The van der Waals surface area contributed by atoms with E-state index in [0.29, 0.717) is 0 Å². The van der Waals surface area contributed by atoms with Crippen LogP contribution in [-0.2, 0) is 0 Å². The number of hydrogen-bond acceptors (Lipinski definition) is 2. The van der Waals surface area contributed by atoms with Crippen LogP contribution in [0, 0.1) is 11.8 Å². The molecule has 0 radical (unpaired) electrons. The largest absolute Gasteiger partial charge is 0.372 e. The lowest BCUT2D eigenvalue weighted by molar-refractivity contribution is 0.269. The van der Waals surface area contributed by atoms with Crippen molar-refractivity contribution < 1.29 is 0 Å². The number of para-hydroxylation sites is 1. The Morgan fingerprint density at radius 1 is 1.24 bits per heavy atom. The van der Waals surface area contributed by atoms with E-state index >= 15 is 0 Å². The summed E-state index contributed by atoms with van der Waals surface area (Å²) in [4.78, 5) is 2.58. The highest BCUT2D eigenvalue weighted by molar-refractivity contribution is 5.45. The van der Waals surface area contributed by atoms with Crippen LogP contribution in [0.3, 0.4) is 0 Å². The van der Waals surface area contributed by atoms with Gasteiger partial charge in [-0.1, -0.05) is 38.5 Å². The van der Waals surface area contributed by atoms with Gasteiger partial charge >= 0.3 is 0 Å². The number of hydrogen-bond donors (Lipinski definition) is 1. The number of benzene rings is 1. The van der Waals surface area contributed by atoms with Crippen molar-refractivity contribution in [3.8, 4) is 0 Å². The van der Waals surface area contributed by atoms with Crippen LogP contribution in [0.2, 0.25) is 0 Å². The normalized spacial score (nSPS) is 20.2. The molecule has 0 saturated carbocycles. The van der Waals surface area contributed by atoms with Gasteiger partial charge in [0.1, 0.15) is 0 Å². The van der Waals surface area contributed by atoms with E-state index in [1.165, 1.54) is 64.0 Å². The molecule has 1 N–H and O–H groups in total. The molecule has 0 bridgehead atoms. The molecule has 2 unspecified atom stereocenters. The summed E-state index contributed by atoms with van der Waals surface area (Å²) in [5.74, 6) is 1.70. The van der Waals surface area contributed by atoms with Gasteiger partial charge in [0.25, 0.3) is 0 Å². The minimum Gasteiger partial charge on any atom is -0.372 e. The predicted octanol–water partition coefficient (Wildman–Crippen LogP) is 4.32. The second kappa shape index (κ2) is 9.09. The third-order valence-corrected chi connectivity index (χ3v) is 4.90. The Morgan fingerprint density at radius 2 is 2.05 bits per heavy atom. The van der Waals surface area contributed by atoms with E-state index in [-0.39, 0.29) is 0 Å². The highest BCUT2D eigenvalue weighted by Crippen LogP contribution is 2.24. The van der Waals surface area contributed by atoms with Gasteiger partial charge in [0.15, 0.2) is 0 Å². The lowest BCUT2D eigenvalue weighted by Crippen LogP contribution is -2.35. The molecule has 118 valence electrons. The monoisotopic (exact) mass is 288 g/mol. The zero-order valence-corrected chi connectivity index (χ0v) is 13.9. The van der Waals surface area contributed by atoms with E-state index in [4.69, 9.17) is 0 Å². The molecule has 1 aromatic carbocycles. The van der Waals surface area contributed by atoms with E-state index in [2.05, 4.69) is 54.4 Å². The molecule has 2 heteroatoms. The number of piperidine rings is 1. The van der Waals surface area contributed by atoms with Gasteiger partial charge in [-0.3, -0.25) is 0 Å². The summed E-state index contributed by atoms with van der Waals surface area (Å²) in [6, 6.07) is 10.9. The Balaban J connectivity index is 1.86. The molecule has 2 atom stereocenters. The van der Waals surface area contributed by atoms with Crippen LogP contribution in [0.4, 0.5) is 5.69 Å². The van der Waals surface area contributed by atoms with E-state index in [1.807, 2.05) is 0 Å². The molecule has 0 aliphatic carbocycles. The molecule has 1 aliphatic heterocycles. The molecule has 1 heterocycles. The molecule has 1 fully saturated rings. The van der Waals surface area contributed by atoms with Crippen LogP contribution in [-0.4, -0.2) is 26.2 Å². The fourth-order valence-corrected chi connectivity index (χ4v) is 3.32. The molecule has 1 saturated heterocycles.